The zero-order chi connectivity index (χ0) is 22.0. The van der Waals surface area contributed by atoms with Crippen molar-refractivity contribution in [2.24, 2.45) is 0 Å². The molecule has 164 valence electrons. The van der Waals surface area contributed by atoms with Gasteiger partial charge in [-0.2, -0.15) is 0 Å². The first-order valence-electron chi connectivity index (χ1n) is 10.3. The maximum Gasteiger partial charge on any atom is 0.261 e. The van der Waals surface area contributed by atoms with Crippen molar-refractivity contribution in [3.05, 3.63) is 46.3 Å². The number of fused-ring (bicyclic) bond motifs is 1. The van der Waals surface area contributed by atoms with Crippen LogP contribution in [0.4, 0.5) is 15.9 Å². The molecule has 1 saturated heterocycles. The molecule has 3 aromatic rings. The topological polar surface area (TPSA) is 70.6 Å². The maximum absolute atomic E-state index is 13.9. The first kappa shape index (κ1) is 21.5. The summed E-state index contributed by atoms with van der Waals surface area (Å²) in [7, 11) is 1.81. The van der Waals surface area contributed by atoms with Gasteiger partial charge in [-0.25, -0.2) is 14.4 Å². The van der Waals surface area contributed by atoms with E-state index in [1.54, 1.807) is 23.1 Å². The molecule has 3 heterocycles. The lowest BCUT2D eigenvalue weighted by molar-refractivity contribution is 0.0958. The Balaban J connectivity index is 1.50. The predicted octanol–water partition coefficient (Wildman–Crippen LogP) is 3.15. The van der Waals surface area contributed by atoms with E-state index >= 15 is 0 Å². The molecule has 0 aliphatic carbocycles. The van der Waals surface area contributed by atoms with Crippen molar-refractivity contribution >= 4 is 39.0 Å². The lowest BCUT2D eigenvalue weighted by atomic mass is 10.2. The molecule has 1 aliphatic rings. The molecular weight excluding hydrogens is 417 g/mol. The monoisotopic (exact) mass is 443 g/mol. The number of thiophene rings is 1. The number of amides is 1. The number of ether oxygens (including phenoxy) is 1. The summed E-state index contributed by atoms with van der Waals surface area (Å²) in [5.74, 6) is 1.14. The zero-order valence-corrected chi connectivity index (χ0v) is 18.8. The van der Waals surface area contributed by atoms with Crippen LogP contribution < -0.4 is 15.1 Å². The van der Waals surface area contributed by atoms with Gasteiger partial charge in [0.25, 0.3) is 5.91 Å². The lowest BCUT2D eigenvalue weighted by Crippen LogP contribution is -2.37. The van der Waals surface area contributed by atoms with Crippen LogP contribution in [0.3, 0.4) is 0 Å². The largest absolute Gasteiger partial charge is 0.378 e. The quantitative estimate of drug-likeness (QED) is 0.631. The second kappa shape index (κ2) is 9.15. The number of nitrogens with one attached hydrogen (secondary N) is 1. The van der Waals surface area contributed by atoms with Gasteiger partial charge in [-0.15, -0.1) is 11.3 Å². The Kier molecular flexibility index (Phi) is 6.33. The van der Waals surface area contributed by atoms with E-state index in [9.17, 15) is 9.18 Å². The Morgan fingerprint density at radius 2 is 2.00 bits per heavy atom. The van der Waals surface area contributed by atoms with Crippen LogP contribution in [0.1, 0.15) is 21.1 Å². The van der Waals surface area contributed by atoms with Gasteiger partial charge in [0.2, 0.25) is 0 Å². The first-order valence-corrected chi connectivity index (χ1v) is 11.1. The third-order valence-corrected chi connectivity index (χ3v) is 6.58. The Bertz CT molecular complexity index is 1100. The van der Waals surface area contributed by atoms with Crippen molar-refractivity contribution in [3.8, 4) is 0 Å². The van der Waals surface area contributed by atoms with Crippen LogP contribution in [0.2, 0.25) is 0 Å². The number of rotatable bonds is 6. The molecule has 7 nitrogen and oxygen atoms in total. The standard InChI is InChI=1S/C22H26FN5O2S/c1-14-18-20(28-10-12-30-13-11-28)25-15(2)26-22(18)31-19(14)21(29)24-8-9-27(3)17-7-5-4-6-16(17)23/h4-7H,8-13H2,1-3H3,(H,24,29). The highest BCUT2D eigenvalue weighted by atomic mass is 32.1. The fraction of sp³-hybridized carbons (Fsp3) is 0.409. The number of para-hydroxylation sites is 1. The molecule has 0 atom stereocenters. The number of anilines is 2. The van der Waals surface area contributed by atoms with Crippen LogP contribution in [0.5, 0.6) is 0 Å². The second-order valence-electron chi connectivity index (χ2n) is 7.56. The molecule has 1 fully saturated rings. The van der Waals surface area contributed by atoms with Crippen molar-refractivity contribution < 1.29 is 13.9 Å². The van der Waals surface area contributed by atoms with E-state index in [1.807, 2.05) is 20.9 Å². The average Bonchev–Trinajstić information content (AvgIpc) is 3.10. The summed E-state index contributed by atoms with van der Waals surface area (Å²) in [5.41, 5.74) is 1.40. The Morgan fingerprint density at radius 3 is 2.74 bits per heavy atom. The molecule has 2 aromatic heterocycles. The third-order valence-electron chi connectivity index (χ3n) is 5.40. The van der Waals surface area contributed by atoms with Crippen molar-refractivity contribution in [2.75, 3.05) is 56.2 Å². The molecule has 1 aromatic carbocycles. The molecule has 0 radical (unpaired) electrons. The number of halogens is 1. The summed E-state index contributed by atoms with van der Waals surface area (Å²) in [6.45, 7) is 7.58. The highest BCUT2D eigenvalue weighted by Gasteiger charge is 2.23. The summed E-state index contributed by atoms with van der Waals surface area (Å²) < 4.78 is 19.4. The number of carbonyl (C=O) groups excluding carboxylic acids is 1. The van der Waals surface area contributed by atoms with E-state index in [0.29, 0.717) is 42.7 Å². The molecule has 1 aliphatic heterocycles. The van der Waals surface area contributed by atoms with Gasteiger partial charge in [-0.1, -0.05) is 12.1 Å². The minimum Gasteiger partial charge on any atom is -0.378 e. The number of morpholine rings is 1. The van der Waals surface area contributed by atoms with Crippen LogP contribution in [0, 0.1) is 19.7 Å². The summed E-state index contributed by atoms with van der Waals surface area (Å²) in [5, 5.41) is 3.90. The summed E-state index contributed by atoms with van der Waals surface area (Å²) >= 11 is 1.39. The van der Waals surface area contributed by atoms with E-state index in [1.165, 1.54) is 17.4 Å². The zero-order valence-electron chi connectivity index (χ0n) is 17.9. The van der Waals surface area contributed by atoms with Crippen LogP contribution in [-0.2, 0) is 4.74 Å². The van der Waals surface area contributed by atoms with Gasteiger partial charge in [0.05, 0.1) is 29.2 Å². The number of likely N-dealkylation sites (N-methyl/N-ethyl adjacent to an activating group) is 1. The third kappa shape index (κ3) is 4.47. The average molecular weight is 444 g/mol. The Labute approximate surface area is 184 Å². The van der Waals surface area contributed by atoms with Gasteiger partial charge in [0.1, 0.15) is 22.3 Å². The van der Waals surface area contributed by atoms with Crippen LogP contribution >= 0.6 is 11.3 Å². The molecule has 0 unspecified atom stereocenters. The molecular formula is C22H26FN5O2S. The van der Waals surface area contributed by atoms with E-state index in [-0.39, 0.29) is 11.7 Å². The number of carbonyl (C=O) groups is 1. The summed E-state index contributed by atoms with van der Waals surface area (Å²) in [4.78, 5) is 27.6. The minimum absolute atomic E-state index is 0.145. The number of aromatic nitrogens is 2. The van der Waals surface area contributed by atoms with Crippen molar-refractivity contribution in [1.82, 2.24) is 15.3 Å². The van der Waals surface area contributed by atoms with Crippen LogP contribution in [-0.4, -0.2) is 62.3 Å². The number of aryl methyl sites for hydroxylation is 2. The van der Waals surface area contributed by atoms with Crippen molar-refractivity contribution in [2.45, 2.75) is 13.8 Å². The Hall–Kier alpha value is -2.78. The van der Waals surface area contributed by atoms with E-state index in [4.69, 9.17) is 4.74 Å². The summed E-state index contributed by atoms with van der Waals surface area (Å²) in [6, 6.07) is 6.61. The lowest BCUT2D eigenvalue weighted by Gasteiger charge is -2.28. The van der Waals surface area contributed by atoms with Gasteiger partial charge in [-0.05, 0) is 31.5 Å². The highest BCUT2D eigenvalue weighted by molar-refractivity contribution is 7.20. The number of hydrogen-bond acceptors (Lipinski definition) is 7. The van der Waals surface area contributed by atoms with Crippen LogP contribution in [0.25, 0.3) is 10.2 Å². The number of nitrogens with zero attached hydrogens (tertiary/aromatic N) is 4. The van der Waals surface area contributed by atoms with Crippen LogP contribution in [0.15, 0.2) is 24.3 Å². The van der Waals surface area contributed by atoms with E-state index < -0.39 is 0 Å². The van der Waals surface area contributed by atoms with E-state index in [0.717, 1.165) is 34.7 Å². The predicted molar refractivity (Wildman–Crippen MR) is 122 cm³/mol. The van der Waals surface area contributed by atoms with Crippen molar-refractivity contribution in [1.29, 1.82) is 0 Å². The second-order valence-corrected chi connectivity index (χ2v) is 8.56. The van der Waals surface area contributed by atoms with Gasteiger partial charge in [0, 0.05) is 33.2 Å². The fourth-order valence-electron chi connectivity index (χ4n) is 3.74. The van der Waals surface area contributed by atoms with Crippen molar-refractivity contribution in [3.63, 3.8) is 0 Å². The molecule has 9 heteroatoms. The normalized spacial score (nSPS) is 14.1. The first-order chi connectivity index (χ1) is 15.0. The molecule has 1 N–H and O–H groups in total. The molecule has 0 saturated carbocycles. The molecule has 0 spiro atoms. The summed E-state index contributed by atoms with van der Waals surface area (Å²) in [6.07, 6.45) is 0. The van der Waals surface area contributed by atoms with Gasteiger partial charge >= 0.3 is 0 Å². The van der Waals surface area contributed by atoms with Gasteiger partial charge in [0.15, 0.2) is 0 Å². The SMILES string of the molecule is Cc1nc(N2CCOCC2)c2c(C)c(C(=O)NCCN(C)c3ccccc3F)sc2n1. The Morgan fingerprint density at radius 1 is 1.26 bits per heavy atom. The maximum atomic E-state index is 13.9. The highest BCUT2D eigenvalue weighted by Crippen LogP contribution is 2.35. The molecule has 1 amide bonds. The smallest absolute Gasteiger partial charge is 0.261 e. The number of hydrogen-bond donors (Lipinski definition) is 1. The fourth-order valence-corrected chi connectivity index (χ4v) is 4.88. The molecule has 4 rings (SSSR count). The minimum atomic E-state index is -0.277. The van der Waals surface area contributed by atoms with Gasteiger partial charge in [-0.3, -0.25) is 4.79 Å². The number of benzene rings is 1. The van der Waals surface area contributed by atoms with E-state index in [2.05, 4.69) is 20.2 Å². The van der Waals surface area contributed by atoms with Gasteiger partial charge < -0.3 is 19.9 Å². The molecule has 31 heavy (non-hydrogen) atoms. The molecule has 0 bridgehead atoms.